The number of fused-ring (bicyclic) bond motifs is 2. The molecule has 37 heavy (non-hydrogen) atoms. The van der Waals surface area contributed by atoms with Gasteiger partial charge in [-0.2, -0.15) is 0 Å². The van der Waals surface area contributed by atoms with E-state index in [1.807, 2.05) is 24.3 Å². The number of aliphatic carboxylic acids is 1. The number of alkyl halides is 1. The molecule has 0 saturated carbocycles. The van der Waals surface area contributed by atoms with Crippen molar-refractivity contribution in [3.05, 3.63) is 45.9 Å². The molecule has 12 nitrogen and oxygen atoms in total. The first-order chi connectivity index (χ1) is 17.9. The molecule has 4 heterocycles. The summed E-state index contributed by atoms with van der Waals surface area (Å²) in [6.45, 7) is -1.18. The normalized spacial score (nSPS) is 19.5. The number of anilines is 1. The van der Waals surface area contributed by atoms with E-state index < -0.39 is 36.5 Å². The fourth-order valence-electron chi connectivity index (χ4n) is 4.18. The second-order valence-corrected chi connectivity index (χ2v) is 10.0. The van der Waals surface area contributed by atoms with Gasteiger partial charge < -0.3 is 26.0 Å². The van der Waals surface area contributed by atoms with E-state index >= 15 is 0 Å². The number of carboxylic acid groups (broad SMARTS) is 1. The quantitative estimate of drug-likeness (QED) is 0.135. The summed E-state index contributed by atoms with van der Waals surface area (Å²) < 4.78 is 12.4. The van der Waals surface area contributed by atoms with E-state index in [-0.39, 0.29) is 28.8 Å². The van der Waals surface area contributed by atoms with Crippen LogP contribution in [0.2, 0.25) is 0 Å². The van der Waals surface area contributed by atoms with Crippen LogP contribution in [0.4, 0.5) is 9.52 Å². The molecule has 2 atom stereocenters. The number of allylic oxidation sites excluding steroid dienone is 1. The molecular weight excluding hydrogens is 525 g/mol. The van der Waals surface area contributed by atoms with Gasteiger partial charge in [-0.3, -0.25) is 14.5 Å². The number of hydrogen-bond acceptors (Lipinski definition) is 10. The minimum Gasteiger partial charge on any atom is -0.477 e. The van der Waals surface area contributed by atoms with Gasteiger partial charge in [-0.05, 0) is 25.0 Å². The standard InChI is InChI=1S/C22H20FN7O5S2/c23-7-8-35-29-15(12-9-36-21(24)25-12)18(31)28-16-13-5-6-14(17(20(33)34)30(13)19(16)32)37-22-26-10-3-1-2-4-11(10)27-22/h1-4,9,13,16H,5-8H2,(H2,24,25)(H,26,27)(H,28,31)(H,33,34)/b29-15+/t13-,16+/m1/s1. The van der Waals surface area contributed by atoms with Gasteiger partial charge in [-0.25, -0.2) is 19.2 Å². The summed E-state index contributed by atoms with van der Waals surface area (Å²) in [6, 6.07) is 5.89. The van der Waals surface area contributed by atoms with Crippen molar-refractivity contribution in [2.75, 3.05) is 19.0 Å². The zero-order valence-corrected chi connectivity index (χ0v) is 20.6. The lowest BCUT2D eigenvalue weighted by atomic mass is 9.86. The monoisotopic (exact) mass is 545 g/mol. The predicted octanol–water partition coefficient (Wildman–Crippen LogP) is 1.87. The number of H-pyrrole nitrogens is 1. The van der Waals surface area contributed by atoms with Gasteiger partial charge in [0, 0.05) is 10.3 Å². The number of nitrogens with two attached hydrogens (primary N) is 1. The second kappa shape index (κ2) is 10.2. The zero-order valence-electron chi connectivity index (χ0n) is 19.0. The molecule has 2 amide bonds. The summed E-state index contributed by atoms with van der Waals surface area (Å²) in [6.07, 6.45) is 0.790. The minimum atomic E-state index is -1.25. The topological polar surface area (TPSA) is 176 Å². The number of amides is 2. The van der Waals surface area contributed by atoms with Crippen LogP contribution < -0.4 is 11.1 Å². The van der Waals surface area contributed by atoms with Crippen LogP contribution in [0.15, 0.2) is 50.6 Å². The summed E-state index contributed by atoms with van der Waals surface area (Å²) in [4.78, 5) is 56.3. The second-order valence-electron chi connectivity index (χ2n) is 8.04. The zero-order chi connectivity index (χ0) is 26.1. The first-order valence-electron chi connectivity index (χ1n) is 11.1. The molecule has 0 spiro atoms. The number of para-hydroxylation sites is 2. The summed E-state index contributed by atoms with van der Waals surface area (Å²) in [5.74, 6) is -2.59. The third kappa shape index (κ3) is 4.74. The summed E-state index contributed by atoms with van der Waals surface area (Å²) in [5, 5.41) is 18.4. The molecule has 2 aliphatic heterocycles. The Morgan fingerprint density at radius 1 is 1.38 bits per heavy atom. The van der Waals surface area contributed by atoms with Crippen LogP contribution >= 0.6 is 23.1 Å². The van der Waals surface area contributed by atoms with Crippen LogP contribution in [0.5, 0.6) is 0 Å². The summed E-state index contributed by atoms with van der Waals surface area (Å²) in [5.41, 5.74) is 6.91. The Hall–Kier alpha value is -3.98. The molecule has 1 aromatic carbocycles. The first kappa shape index (κ1) is 24.7. The van der Waals surface area contributed by atoms with Crippen LogP contribution in [0.3, 0.4) is 0 Å². The lowest BCUT2D eigenvalue weighted by Gasteiger charge is -2.49. The molecule has 192 valence electrons. The maximum Gasteiger partial charge on any atom is 0.353 e. The lowest BCUT2D eigenvalue weighted by Crippen LogP contribution is -2.72. The Morgan fingerprint density at radius 3 is 2.89 bits per heavy atom. The number of hydrogen-bond donors (Lipinski definition) is 4. The highest BCUT2D eigenvalue weighted by Crippen LogP contribution is 2.42. The number of nitrogens with one attached hydrogen (secondary N) is 2. The Morgan fingerprint density at radius 2 is 2.19 bits per heavy atom. The van der Waals surface area contributed by atoms with Crippen molar-refractivity contribution in [3.8, 4) is 0 Å². The maximum absolute atomic E-state index is 13.0. The van der Waals surface area contributed by atoms with Gasteiger partial charge in [-0.15, -0.1) is 11.3 Å². The Kier molecular flexibility index (Phi) is 6.80. The molecule has 5 N–H and O–H groups in total. The fourth-order valence-corrected chi connectivity index (χ4v) is 5.77. The number of carboxylic acids is 1. The number of carbonyl (C=O) groups excluding carboxylic acids is 2. The molecule has 1 fully saturated rings. The molecule has 0 bridgehead atoms. The number of aromatic nitrogens is 3. The number of nitrogens with zero attached hydrogens (tertiary/aromatic N) is 4. The molecule has 1 saturated heterocycles. The van der Waals surface area contributed by atoms with Gasteiger partial charge in [0.2, 0.25) is 0 Å². The van der Waals surface area contributed by atoms with Crippen LogP contribution in [0.25, 0.3) is 11.0 Å². The van der Waals surface area contributed by atoms with Crippen molar-refractivity contribution in [1.82, 2.24) is 25.2 Å². The molecule has 3 aromatic rings. The largest absolute Gasteiger partial charge is 0.477 e. The highest BCUT2D eigenvalue weighted by atomic mass is 32.2. The van der Waals surface area contributed by atoms with E-state index in [1.54, 1.807) is 0 Å². The number of halogens is 1. The summed E-state index contributed by atoms with van der Waals surface area (Å²) >= 11 is 2.24. The van der Waals surface area contributed by atoms with Crippen molar-refractivity contribution in [3.63, 3.8) is 0 Å². The molecule has 0 unspecified atom stereocenters. The van der Waals surface area contributed by atoms with Crippen molar-refractivity contribution in [2.45, 2.75) is 30.1 Å². The number of nitrogen functional groups attached to an aromatic ring is 1. The third-order valence-electron chi connectivity index (χ3n) is 5.77. The van der Waals surface area contributed by atoms with Crippen LogP contribution in [0.1, 0.15) is 18.5 Å². The SMILES string of the molecule is Nc1nc(/C(=N\OCCF)C(=O)N[C@@H]2C(=O)N3C(C(=O)O)=C(Sc4nc5ccccc5[nH]4)CC[C@H]23)cs1. The average molecular weight is 546 g/mol. The molecule has 0 aliphatic carbocycles. The van der Waals surface area contributed by atoms with Gasteiger partial charge in [0.15, 0.2) is 16.0 Å². The average Bonchev–Trinajstić information content (AvgIpc) is 3.50. The minimum absolute atomic E-state index is 0.113. The number of carbonyl (C=O) groups is 3. The number of imidazole rings is 1. The Labute approximate surface area is 216 Å². The van der Waals surface area contributed by atoms with Gasteiger partial charge in [0.25, 0.3) is 11.8 Å². The predicted molar refractivity (Wildman–Crippen MR) is 133 cm³/mol. The number of rotatable bonds is 9. The Balaban J connectivity index is 1.34. The van der Waals surface area contributed by atoms with E-state index in [0.29, 0.717) is 22.9 Å². The van der Waals surface area contributed by atoms with Gasteiger partial charge >= 0.3 is 5.97 Å². The van der Waals surface area contributed by atoms with E-state index in [1.165, 1.54) is 10.3 Å². The molecule has 5 rings (SSSR count). The lowest BCUT2D eigenvalue weighted by molar-refractivity contribution is -0.155. The summed E-state index contributed by atoms with van der Waals surface area (Å²) in [7, 11) is 0. The van der Waals surface area contributed by atoms with E-state index in [9.17, 15) is 23.9 Å². The smallest absolute Gasteiger partial charge is 0.353 e. The molecule has 15 heteroatoms. The number of oxime groups is 1. The maximum atomic E-state index is 13.0. The number of thioether (sulfide) groups is 1. The highest BCUT2D eigenvalue weighted by Gasteiger charge is 2.54. The van der Waals surface area contributed by atoms with Crippen LogP contribution in [0, 0.1) is 0 Å². The number of thiazole rings is 1. The van der Waals surface area contributed by atoms with E-state index in [0.717, 1.165) is 34.1 Å². The molecule has 0 radical (unpaired) electrons. The van der Waals surface area contributed by atoms with E-state index in [4.69, 9.17) is 10.6 Å². The van der Waals surface area contributed by atoms with Crippen molar-refractivity contribution < 1.29 is 28.7 Å². The first-order valence-corrected chi connectivity index (χ1v) is 12.8. The number of aromatic amines is 1. The third-order valence-corrected chi connectivity index (χ3v) is 7.48. The number of benzene rings is 1. The van der Waals surface area contributed by atoms with Gasteiger partial charge in [-0.1, -0.05) is 29.1 Å². The van der Waals surface area contributed by atoms with Crippen LogP contribution in [-0.4, -0.2) is 73.8 Å². The van der Waals surface area contributed by atoms with E-state index in [2.05, 4.69) is 25.4 Å². The number of β-lactam (4-membered cyclic amide) rings is 1. The Bertz CT molecular complexity index is 1420. The molecule has 2 aliphatic rings. The van der Waals surface area contributed by atoms with Crippen molar-refractivity contribution >= 4 is 62.8 Å². The highest BCUT2D eigenvalue weighted by molar-refractivity contribution is 8.03. The molecule has 2 aromatic heterocycles. The van der Waals surface area contributed by atoms with Crippen molar-refractivity contribution in [2.24, 2.45) is 5.16 Å². The fraction of sp³-hybridized carbons (Fsp3) is 0.273. The molecular formula is C22H20FN7O5S2. The van der Waals surface area contributed by atoms with Crippen molar-refractivity contribution in [1.29, 1.82) is 0 Å². The van der Waals surface area contributed by atoms with Crippen LogP contribution in [-0.2, 0) is 19.2 Å². The van der Waals surface area contributed by atoms with Gasteiger partial charge in [0.05, 0.1) is 17.1 Å². The van der Waals surface area contributed by atoms with Gasteiger partial charge in [0.1, 0.15) is 30.7 Å².